The molecule has 0 aromatic heterocycles. The second-order valence-corrected chi connectivity index (χ2v) is 6.62. The lowest BCUT2D eigenvalue weighted by molar-refractivity contribution is -0.124. The maximum atomic E-state index is 11.5. The number of nitrogens with two attached hydrogens (primary N) is 2. The number of amides is 1. The van der Waals surface area contributed by atoms with E-state index in [9.17, 15) is 4.79 Å². The predicted octanol–water partition coefficient (Wildman–Crippen LogP) is 2.46. The first-order valence-corrected chi connectivity index (χ1v) is 7.79. The molecule has 4 heteroatoms. The summed E-state index contributed by atoms with van der Waals surface area (Å²) in [5.74, 6) is 0.887. The quantitative estimate of drug-likeness (QED) is 0.813. The molecule has 1 saturated carbocycles. The summed E-state index contributed by atoms with van der Waals surface area (Å²) in [6.07, 6.45) is 3.73. The van der Waals surface area contributed by atoms with Gasteiger partial charge in [-0.05, 0) is 50.0 Å². The Morgan fingerprint density at radius 3 is 3.00 bits per heavy atom. The normalized spacial score (nSPS) is 26.5. The number of hydrogen-bond donors (Lipinski definition) is 2. The highest BCUT2D eigenvalue weighted by Crippen LogP contribution is 2.37. The lowest BCUT2D eigenvalue weighted by Gasteiger charge is -2.27. The topological polar surface area (TPSA) is 69.1 Å². The van der Waals surface area contributed by atoms with Crippen LogP contribution >= 0.6 is 11.8 Å². The van der Waals surface area contributed by atoms with Crippen LogP contribution < -0.4 is 11.5 Å². The second-order valence-electron chi connectivity index (χ2n) is 5.45. The molecule has 3 nitrogen and oxygen atoms in total. The van der Waals surface area contributed by atoms with E-state index in [1.54, 1.807) is 0 Å². The highest BCUT2D eigenvalue weighted by Gasteiger charge is 2.43. The van der Waals surface area contributed by atoms with Crippen LogP contribution in [-0.4, -0.2) is 17.2 Å². The molecule has 0 heterocycles. The van der Waals surface area contributed by atoms with E-state index >= 15 is 0 Å². The summed E-state index contributed by atoms with van der Waals surface area (Å²) < 4.78 is 0. The molecule has 0 spiro atoms. The molecular formula is C15H22N2OS. The molecule has 1 aliphatic rings. The summed E-state index contributed by atoms with van der Waals surface area (Å²) in [5.41, 5.74) is 12.1. The van der Waals surface area contributed by atoms with Crippen LogP contribution in [0.5, 0.6) is 0 Å². The van der Waals surface area contributed by atoms with Crippen molar-refractivity contribution in [3.63, 3.8) is 0 Å². The first-order valence-electron chi connectivity index (χ1n) is 6.80. The van der Waals surface area contributed by atoms with Gasteiger partial charge in [-0.2, -0.15) is 0 Å². The average molecular weight is 278 g/mol. The first-order chi connectivity index (χ1) is 9.02. The third-order valence-electron chi connectivity index (χ3n) is 4.05. The number of thioether (sulfide) groups is 1. The van der Waals surface area contributed by atoms with E-state index in [1.165, 1.54) is 10.5 Å². The smallest absolute Gasteiger partial charge is 0.237 e. The molecule has 0 bridgehead atoms. The average Bonchev–Trinajstić information content (AvgIpc) is 2.73. The molecule has 2 unspecified atom stereocenters. The van der Waals surface area contributed by atoms with Gasteiger partial charge in [0.15, 0.2) is 0 Å². The highest BCUT2D eigenvalue weighted by atomic mass is 32.2. The number of benzene rings is 1. The van der Waals surface area contributed by atoms with E-state index in [2.05, 4.69) is 31.2 Å². The van der Waals surface area contributed by atoms with Gasteiger partial charge >= 0.3 is 0 Å². The van der Waals surface area contributed by atoms with Gasteiger partial charge in [0, 0.05) is 4.90 Å². The van der Waals surface area contributed by atoms with Crippen molar-refractivity contribution in [2.45, 2.75) is 43.0 Å². The standard InChI is InChI=1S/C15H22N2OS/c1-11-4-2-6-13(10-11)19-9-7-12-5-3-8-15(12,17)14(16)18/h2,4,6,10,12H,3,5,7-9,17H2,1H3,(H2,16,18). The van der Waals surface area contributed by atoms with Gasteiger partial charge in [0.05, 0.1) is 5.54 Å². The van der Waals surface area contributed by atoms with Crippen molar-refractivity contribution in [2.24, 2.45) is 17.4 Å². The summed E-state index contributed by atoms with van der Waals surface area (Å²) in [6, 6.07) is 8.47. The zero-order chi connectivity index (χ0) is 13.9. The van der Waals surface area contributed by atoms with Crippen molar-refractivity contribution >= 4 is 17.7 Å². The van der Waals surface area contributed by atoms with Crippen LogP contribution in [0.4, 0.5) is 0 Å². The number of rotatable bonds is 5. The fraction of sp³-hybridized carbons (Fsp3) is 0.533. The largest absolute Gasteiger partial charge is 0.368 e. The summed E-state index contributed by atoms with van der Waals surface area (Å²) in [4.78, 5) is 12.8. The predicted molar refractivity (Wildman–Crippen MR) is 80.0 cm³/mol. The minimum atomic E-state index is -0.771. The van der Waals surface area contributed by atoms with Crippen LogP contribution in [0.15, 0.2) is 29.2 Å². The van der Waals surface area contributed by atoms with Gasteiger partial charge < -0.3 is 11.5 Å². The van der Waals surface area contributed by atoms with Crippen LogP contribution in [0.3, 0.4) is 0 Å². The minimum absolute atomic E-state index is 0.238. The summed E-state index contributed by atoms with van der Waals surface area (Å²) >= 11 is 1.83. The van der Waals surface area contributed by atoms with Gasteiger partial charge in [-0.3, -0.25) is 4.79 Å². The Morgan fingerprint density at radius 1 is 1.53 bits per heavy atom. The molecule has 4 N–H and O–H groups in total. The summed E-state index contributed by atoms with van der Waals surface area (Å²) in [5, 5.41) is 0. The third-order valence-corrected chi connectivity index (χ3v) is 5.08. The Morgan fingerprint density at radius 2 is 2.32 bits per heavy atom. The second kappa shape index (κ2) is 5.97. The number of hydrogen-bond acceptors (Lipinski definition) is 3. The summed E-state index contributed by atoms with van der Waals surface area (Å²) in [6.45, 7) is 2.10. The Balaban J connectivity index is 1.87. The molecule has 1 fully saturated rings. The molecule has 104 valence electrons. The third kappa shape index (κ3) is 3.31. The number of aryl methyl sites for hydroxylation is 1. The van der Waals surface area contributed by atoms with E-state index in [4.69, 9.17) is 11.5 Å². The van der Waals surface area contributed by atoms with E-state index in [-0.39, 0.29) is 11.8 Å². The number of primary amides is 1. The Labute approximate surface area is 119 Å². The Bertz CT molecular complexity index is 463. The van der Waals surface area contributed by atoms with E-state index in [1.807, 2.05) is 11.8 Å². The van der Waals surface area contributed by atoms with Crippen LogP contribution in [0, 0.1) is 12.8 Å². The lowest BCUT2D eigenvalue weighted by atomic mass is 9.85. The fourth-order valence-corrected chi connectivity index (χ4v) is 3.94. The van der Waals surface area contributed by atoms with E-state index < -0.39 is 5.54 Å². The van der Waals surface area contributed by atoms with Crippen molar-refractivity contribution in [2.75, 3.05) is 5.75 Å². The molecule has 1 aromatic carbocycles. The van der Waals surface area contributed by atoms with Gasteiger partial charge in [-0.1, -0.05) is 24.1 Å². The first kappa shape index (κ1) is 14.4. The van der Waals surface area contributed by atoms with Crippen molar-refractivity contribution in [3.8, 4) is 0 Å². The van der Waals surface area contributed by atoms with Crippen LogP contribution in [0.25, 0.3) is 0 Å². The molecule has 2 rings (SSSR count). The van der Waals surface area contributed by atoms with Crippen LogP contribution in [-0.2, 0) is 4.79 Å². The molecule has 2 atom stereocenters. The van der Waals surface area contributed by atoms with Crippen LogP contribution in [0.2, 0.25) is 0 Å². The fourth-order valence-electron chi connectivity index (χ4n) is 2.85. The molecule has 1 amide bonds. The number of carbonyl (C=O) groups excluding carboxylic acids is 1. The van der Waals surface area contributed by atoms with Gasteiger partial charge in [-0.25, -0.2) is 0 Å². The molecule has 0 radical (unpaired) electrons. The van der Waals surface area contributed by atoms with E-state index in [0.717, 1.165) is 31.4 Å². The monoisotopic (exact) mass is 278 g/mol. The van der Waals surface area contributed by atoms with Gasteiger partial charge in [0.2, 0.25) is 5.91 Å². The highest BCUT2D eigenvalue weighted by molar-refractivity contribution is 7.99. The Hall–Kier alpha value is -1.00. The summed E-state index contributed by atoms with van der Waals surface area (Å²) in [7, 11) is 0. The van der Waals surface area contributed by atoms with Crippen molar-refractivity contribution < 1.29 is 4.79 Å². The van der Waals surface area contributed by atoms with Gasteiger partial charge in [0.25, 0.3) is 0 Å². The lowest BCUT2D eigenvalue weighted by Crippen LogP contribution is -2.54. The van der Waals surface area contributed by atoms with Gasteiger partial charge in [0.1, 0.15) is 0 Å². The van der Waals surface area contributed by atoms with Crippen molar-refractivity contribution in [1.82, 2.24) is 0 Å². The van der Waals surface area contributed by atoms with Crippen LogP contribution in [0.1, 0.15) is 31.2 Å². The molecular weight excluding hydrogens is 256 g/mol. The molecule has 19 heavy (non-hydrogen) atoms. The molecule has 0 aliphatic heterocycles. The molecule has 0 saturated heterocycles. The minimum Gasteiger partial charge on any atom is -0.368 e. The van der Waals surface area contributed by atoms with Crippen molar-refractivity contribution in [1.29, 1.82) is 0 Å². The zero-order valence-electron chi connectivity index (χ0n) is 11.4. The molecule has 1 aromatic rings. The van der Waals surface area contributed by atoms with Crippen molar-refractivity contribution in [3.05, 3.63) is 29.8 Å². The Kier molecular flexibility index (Phi) is 4.53. The molecule has 1 aliphatic carbocycles. The van der Waals surface area contributed by atoms with E-state index in [0.29, 0.717) is 0 Å². The maximum absolute atomic E-state index is 11.5. The maximum Gasteiger partial charge on any atom is 0.237 e. The number of carbonyl (C=O) groups is 1. The SMILES string of the molecule is Cc1cccc(SCCC2CCCC2(N)C(N)=O)c1. The zero-order valence-corrected chi connectivity index (χ0v) is 12.2. The van der Waals surface area contributed by atoms with Gasteiger partial charge in [-0.15, -0.1) is 11.8 Å².